The summed E-state index contributed by atoms with van der Waals surface area (Å²) in [6.07, 6.45) is 3.40. The highest BCUT2D eigenvalue weighted by Gasteiger charge is 2.14. The molecule has 0 fully saturated rings. The van der Waals surface area contributed by atoms with Crippen LogP contribution in [0, 0.1) is 5.82 Å². The first-order valence-electron chi connectivity index (χ1n) is 8.29. The maximum Gasteiger partial charge on any atom is 0.175 e. The van der Waals surface area contributed by atoms with Gasteiger partial charge in [0.25, 0.3) is 0 Å². The van der Waals surface area contributed by atoms with Gasteiger partial charge in [0, 0.05) is 35.5 Å². The summed E-state index contributed by atoms with van der Waals surface area (Å²) in [5, 5.41) is 8.25. The molecule has 4 rings (SSSR count). The van der Waals surface area contributed by atoms with Gasteiger partial charge in [0.05, 0.1) is 16.1 Å². The highest BCUT2D eigenvalue weighted by Crippen LogP contribution is 2.29. The van der Waals surface area contributed by atoms with Crippen LogP contribution in [-0.4, -0.2) is 29.9 Å². The summed E-state index contributed by atoms with van der Waals surface area (Å²) in [4.78, 5) is 4.75. The van der Waals surface area contributed by atoms with Gasteiger partial charge in [-0.3, -0.25) is 10.1 Å². The van der Waals surface area contributed by atoms with Crippen LogP contribution in [0.25, 0.3) is 22.2 Å². The van der Waals surface area contributed by atoms with Crippen molar-refractivity contribution in [3.05, 3.63) is 77.9 Å². The van der Waals surface area contributed by atoms with E-state index in [9.17, 15) is 12.8 Å². The SMILES string of the molecule is CS(=O)(=O)c1ccc(-c2nccc3n[nH]c(Cc4ccc(F)cc4)c23)cc1. The molecule has 27 heavy (non-hydrogen) atoms. The van der Waals surface area contributed by atoms with Gasteiger partial charge >= 0.3 is 0 Å². The molecule has 136 valence electrons. The van der Waals surface area contributed by atoms with Crippen LogP contribution in [0.15, 0.2) is 65.7 Å². The first-order chi connectivity index (χ1) is 12.9. The molecule has 0 aliphatic rings. The molecule has 0 amide bonds. The van der Waals surface area contributed by atoms with Crippen LogP contribution in [0.3, 0.4) is 0 Å². The molecule has 4 aromatic rings. The molecular weight excluding hydrogens is 365 g/mol. The van der Waals surface area contributed by atoms with Crippen molar-refractivity contribution < 1.29 is 12.8 Å². The molecule has 5 nitrogen and oxygen atoms in total. The third kappa shape index (κ3) is 3.46. The van der Waals surface area contributed by atoms with Crippen molar-refractivity contribution in [3.63, 3.8) is 0 Å². The highest BCUT2D eigenvalue weighted by molar-refractivity contribution is 7.90. The van der Waals surface area contributed by atoms with Crippen LogP contribution in [0.1, 0.15) is 11.3 Å². The van der Waals surface area contributed by atoms with E-state index < -0.39 is 9.84 Å². The van der Waals surface area contributed by atoms with E-state index in [-0.39, 0.29) is 10.7 Å². The molecule has 2 heterocycles. The Labute approximate surface area is 155 Å². The minimum Gasteiger partial charge on any atom is -0.281 e. The Hall–Kier alpha value is -3.06. The Kier molecular flexibility index (Phi) is 4.24. The summed E-state index contributed by atoms with van der Waals surface area (Å²) >= 11 is 0. The number of halogens is 1. The van der Waals surface area contributed by atoms with Crippen molar-refractivity contribution in [1.29, 1.82) is 0 Å². The van der Waals surface area contributed by atoms with Gasteiger partial charge in [-0.1, -0.05) is 24.3 Å². The van der Waals surface area contributed by atoms with Crippen molar-refractivity contribution in [2.24, 2.45) is 0 Å². The second kappa shape index (κ2) is 6.59. The summed E-state index contributed by atoms with van der Waals surface area (Å²) in [5.74, 6) is -0.276. The smallest absolute Gasteiger partial charge is 0.175 e. The van der Waals surface area contributed by atoms with E-state index in [2.05, 4.69) is 15.2 Å². The van der Waals surface area contributed by atoms with Gasteiger partial charge < -0.3 is 0 Å². The topological polar surface area (TPSA) is 75.7 Å². The fourth-order valence-electron chi connectivity index (χ4n) is 3.04. The number of H-pyrrole nitrogens is 1. The molecule has 0 saturated heterocycles. The van der Waals surface area contributed by atoms with E-state index in [0.29, 0.717) is 6.42 Å². The number of hydrogen-bond acceptors (Lipinski definition) is 4. The van der Waals surface area contributed by atoms with Crippen molar-refractivity contribution in [1.82, 2.24) is 15.2 Å². The molecule has 0 spiro atoms. The van der Waals surface area contributed by atoms with E-state index in [0.717, 1.165) is 33.4 Å². The van der Waals surface area contributed by atoms with Gasteiger partial charge in [-0.25, -0.2) is 12.8 Å². The quantitative estimate of drug-likeness (QED) is 0.584. The predicted octanol–water partition coefficient (Wildman–Crippen LogP) is 3.76. The number of aromatic amines is 1. The molecule has 0 unspecified atom stereocenters. The Morgan fingerprint density at radius 3 is 2.37 bits per heavy atom. The number of aromatic nitrogens is 3. The van der Waals surface area contributed by atoms with Gasteiger partial charge in [0.1, 0.15) is 5.82 Å². The van der Waals surface area contributed by atoms with E-state index in [1.54, 1.807) is 42.6 Å². The van der Waals surface area contributed by atoms with E-state index >= 15 is 0 Å². The Bertz CT molecular complexity index is 1210. The summed E-state index contributed by atoms with van der Waals surface area (Å²) < 4.78 is 36.5. The molecule has 2 aromatic heterocycles. The molecule has 0 aliphatic carbocycles. The van der Waals surface area contributed by atoms with E-state index in [1.165, 1.54) is 18.4 Å². The molecular formula is C20H16FN3O2S. The molecule has 0 saturated carbocycles. The third-order valence-corrected chi connectivity index (χ3v) is 5.52. The standard InChI is InChI=1S/C20H16FN3O2S/c1-27(25,26)16-8-4-14(5-9-16)20-19-17(10-11-22-20)23-24-18(19)12-13-2-6-15(21)7-3-13/h2-11H,12H2,1H3,(H,23,24). The van der Waals surface area contributed by atoms with Crippen LogP contribution < -0.4 is 0 Å². The predicted molar refractivity (Wildman–Crippen MR) is 102 cm³/mol. The summed E-state index contributed by atoms with van der Waals surface area (Å²) in [5.41, 5.74) is 4.11. The largest absolute Gasteiger partial charge is 0.281 e. The second-order valence-corrected chi connectivity index (χ2v) is 8.37. The maximum absolute atomic E-state index is 13.1. The molecule has 0 aliphatic heterocycles. The number of sulfone groups is 1. The minimum absolute atomic E-state index is 0.261. The van der Waals surface area contributed by atoms with Crippen molar-refractivity contribution in [2.75, 3.05) is 6.26 Å². The lowest BCUT2D eigenvalue weighted by Gasteiger charge is -2.06. The molecule has 2 aromatic carbocycles. The average Bonchev–Trinajstić information content (AvgIpc) is 3.06. The molecule has 7 heteroatoms. The van der Waals surface area contributed by atoms with Gasteiger partial charge in [-0.15, -0.1) is 0 Å². The van der Waals surface area contributed by atoms with Gasteiger partial charge in [-0.2, -0.15) is 5.10 Å². The fourth-order valence-corrected chi connectivity index (χ4v) is 3.67. The number of hydrogen-bond donors (Lipinski definition) is 1. The third-order valence-electron chi connectivity index (χ3n) is 4.39. The van der Waals surface area contributed by atoms with Crippen molar-refractivity contribution in [3.8, 4) is 11.3 Å². The minimum atomic E-state index is -3.26. The fraction of sp³-hybridized carbons (Fsp3) is 0.100. The number of nitrogens with zero attached hydrogens (tertiary/aromatic N) is 2. The van der Waals surface area contributed by atoms with Crippen molar-refractivity contribution >= 4 is 20.7 Å². The Morgan fingerprint density at radius 1 is 1.00 bits per heavy atom. The molecule has 0 radical (unpaired) electrons. The number of pyridine rings is 1. The van der Waals surface area contributed by atoms with Crippen LogP contribution >= 0.6 is 0 Å². The molecule has 0 bridgehead atoms. The van der Waals surface area contributed by atoms with Crippen LogP contribution in [-0.2, 0) is 16.3 Å². The average molecular weight is 381 g/mol. The van der Waals surface area contributed by atoms with Crippen molar-refractivity contribution in [2.45, 2.75) is 11.3 Å². The Balaban J connectivity index is 1.79. The first kappa shape index (κ1) is 17.4. The second-order valence-electron chi connectivity index (χ2n) is 6.36. The first-order valence-corrected chi connectivity index (χ1v) is 10.2. The lowest BCUT2D eigenvalue weighted by molar-refractivity contribution is 0.602. The summed E-state index contributed by atoms with van der Waals surface area (Å²) in [6.45, 7) is 0. The van der Waals surface area contributed by atoms with Gasteiger partial charge in [-0.05, 0) is 35.9 Å². The number of rotatable bonds is 4. The zero-order chi connectivity index (χ0) is 19.0. The van der Waals surface area contributed by atoms with Crippen LogP contribution in [0.2, 0.25) is 0 Å². The summed E-state index contributed by atoms with van der Waals surface area (Å²) in [7, 11) is -3.26. The van der Waals surface area contributed by atoms with E-state index in [1.807, 2.05) is 6.07 Å². The zero-order valence-corrected chi connectivity index (χ0v) is 15.3. The lowest BCUT2D eigenvalue weighted by atomic mass is 10.0. The number of fused-ring (bicyclic) bond motifs is 1. The van der Waals surface area contributed by atoms with E-state index in [4.69, 9.17) is 0 Å². The number of nitrogens with one attached hydrogen (secondary N) is 1. The van der Waals surface area contributed by atoms with Gasteiger partial charge in [0.2, 0.25) is 0 Å². The maximum atomic E-state index is 13.1. The van der Waals surface area contributed by atoms with Gasteiger partial charge in [0.15, 0.2) is 9.84 Å². The highest BCUT2D eigenvalue weighted by atomic mass is 32.2. The molecule has 1 N–H and O–H groups in total. The van der Waals surface area contributed by atoms with Crippen LogP contribution in [0.5, 0.6) is 0 Å². The zero-order valence-electron chi connectivity index (χ0n) is 14.5. The Morgan fingerprint density at radius 2 is 1.70 bits per heavy atom. The number of benzene rings is 2. The normalized spacial score (nSPS) is 11.8. The van der Waals surface area contributed by atoms with Crippen LogP contribution in [0.4, 0.5) is 4.39 Å². The summed E-state index contributed by atoms with van der Waals surface area (Å²) in [6, 6.07) is 14.8. The molecule has 0 atom stereocenters. The lowest BCUT2D eigenvalue weighted by Crippen LogP contribution is -1.97. The monoisotopic (exact) mass is 381 g/mol.